The number of carbonyl (C=O) groups is 2. The summed E-state index contributed by atoms with van der Waals surface area (Å²) >= 11 is 0. The van der Waals surface area contributed by atoms with Crippen LogP contribution in [0.2, 0.25) is 0 Å². The van der Waals surface area contributed by atoms with Crippen molar-refractivity contribution in [3.8, 4) is 23.0 Å². The summed E-state index contributed by atoms with van der Waals surface area (Å²) in [6.45, 7) is 8.36. The molecule has 3 fully saturated rings. The lowest BCUT2D eigenvalue weighted by Gasteiger charge is -2.54. The molecule has 5 heterocycles. The van der Waals surface area contributed by atoms with Crippen molar-refractivity contribution in [2.24, 2.45) is 0 Å². The van der Waals surface area contributed by atoms with Crippen molar-refractivity contribution in [3.63, 3.8) is 0 Å². The molecule has 0 saturated carbocycles. The zero-order valence-electron chi connectivity index (χ0n) is 21.1. The first kappa shape index (κ1) is 28.1. The molecule has 2 bridgehead atoms. The van der Waals surface area contributed by atoms with Crippen molar-refractivity contribution < 1.29 is 37.5 Å². The van der Waals surface area contributed by atoms with Crippen LogP contribution in [-0.2, 0) is 9.59 Å². The normalized spacial score (nSPS) is 24.3. The second-order valence-electron chi connectivity index (χ2n) is 10.2. The smallest absolute Gasteiger partial charge is 0.279 e. The zero-order chi connectivity index (χ0) is 24.6. The number of quaternary nitrogens is 2. The number of hydrogen-bond donors (Lipinski definition) is 2. The van der Waals surface area contributed by atoms with Gasteiger partial charge in [0, 0.05) is 23.5 Å². The topological polar surface area (TPSA) is 95.1 Å². The monoisotopic (exact) mass is 568 g/mol. The van der Waals surface area contributed by atoms with E-state index in [1.807, 2.05) is 36.4 Å². The van der Waals surface area contributed by atoms with Crippen molar-refractivity contribution in [2.75, 3.05) is 89.4 Å². The molecule has 3 saturated heterocycles. The maximum absolute atomic E-state index is 12.9. The first-order valence-corrected chi connectivity index (χ1v) is 12.6. The number of nitrogens with one attached hydrogen (secondary N) is 2. The van der Waals surface area contributed by atoms with Gasteiger partial charge in [-0.15, -0.1) is 24.8 Å². The summed E-state index contributed by atoms with van der Waals surface area (Å²) in [7, 11) is 0. The van der Waals surface area contributed by atoms with Gasteiger partial charge in [0.15, 0.2) is 36.1 Å². The van der Waals surface area contributed by atoms with Gasteiger partial charge in [-0.05, 0) is 24.3 Å². The summed E-state index contributed by atoms with van der Waals surface area (Å²) in [5.41, 5.74) is 1.44. The number of rotatable bonds is 6. The summed E-state index contributed by atoms with van der Waals surface area (Å²) in [4.78, 5) is 25.8. The van der Waals surface area contributed by atoms with Crippen LogP contribution in [-0.4, -0.2) is 99.6 Å². The number of halogens is 2. The van der Waals surface area contributed by atoms with Gasteiger partial charge in [-0.25, -0.2) is 0 Å². The predicted octanol–water partition coefficient (Wildman–Crippen LogP) is 2.31. The first-order valence-electron chi connectivity index (χ1n) is 12.6. The van der Waals surface area contributed by atoms with Crippen LogP contribution < -0.4 is 29.6 Å². The number of benzene rings is 2. The van der Waals surface area contributed by atoms with Gasteiger partial charge in [-0.3, -0.25) is 9.59 Å². The summed E-state index contributed by atoms with van der Waals surface area (Å²) in [6.07, 6.45) is 0. The van der Waals surface area contributed by atoms with Crippen molar-refractivity contribution >= 4 is 48.0 Å². The van der Waals surface area contributed by atoms with Crippen molar-refractivity contribution in [1.82, 2.24) is 0 Å². The Bertz CT molecular complexity index is 1080. The van der Waals surface area contributed by atoms with Crippen LogP contribution in [0.1, 0.15) is 0 Å². The molecular formula is C26H34Cl2N4O6+2. The van der Waals surface area contributed by atoms with E-state index in [0.717, 1.165) is 59.6 Å². The fourth-order valence-corrected chi connectivity index (χ4v) is 5.67. The quantitative estimate of drug-likeness (QED) is 0.519. The van der Waals surface area contributed by atoms with E-state index in [2.05, 4.69) is 10.6 Å². The van der Waals surface area contributed by atoms with Crippen LogP contribution in [0.4, 0.5) is 11.4 Å². The lowest BCUT2D eigenvalue weighted by atomic mass is 10.1. The number of nitrogens with zero attached hydrogens (tertiary/aromatic N) is 2. The third kappa shape index (κ3) is 5.88. The number of fused-ring (bicyclic) bond motifs is 5. The lowest BCUT2D eigenvalue weighted by Crippen LogP contribution is -2.76. The van der Waals surface area contributed by atoms with Gasteiger partial charge in [0.1, 0.15) is 65.7 Å². The summed E-state index contributed by atoms with van der Waals surface area (Å²) < 4.78 is 23.9. The molecule has 5 aliphatic rings. The number of amides is 2. The molecule has 2 aromatic carbocycles. The Morgan fingerprint density at radius 2 is 0.921 bits per heavy atom. The van der Waals surface area contributed by atoms with E-state index in [9.17, 15) is 9.59 Å². The number of hydrogen-bond acceptors (Lipinski definition) is 6. The number of anilines is 2. The average Bonchev–Trinajstić information content (AvgIpc) is 2.89. The Balaban J connectivity index is 0.00000168. The Labute approximate surface area is 234 Å². The van der Waals surface area contributed by atoms with E-state index >= 15 is 0 Å². The third-order valence-electron chi connectivity index (χ3n) is 7.76. The number of carbonyl (C=O) groups excluding carboxylic acids is 2. The Hall–Kier alpha value is -2.92. The summed E-state index contributed by atoms with van der Waals surface area (Å²) in [5, 5.41) is 6.06. The van der Waals surface area contributed by atoms with E-state index in [1.54, 1.807) is 0 Å². The van der Waals surface area contributed by atoms with Crippen molar-refractivity contribution in [2.45, 2.75) is 0 Å². The average molecular weight is 569 g/mol. The van der Waals surface area contributed by atoms with Crippen molar-refractivity contribution in [3.05, 3.63) is 36.4 Å². The Kier molecular flexibility index (Phi) is 8.46. The molecule has 10 nitrogen and oxygen atoms in total. The first-order chi connectivity index (χ1) is 17.5. The van der Waals surface area contributed by atoms with E-state index in [-0.39, 0.29) is 36.6 Å². The third-order valence-corrected chi connectivity index (χ3v) is 7.76. The van der Waals surface area contributed by atoms with Gasteiger partial charge in [0.05, 0.1) is 0 Å². The van der Waals surface area contributed by atoms with E-state index in [0.29, 0.717) is 62.5 Å². The second kappa shape index (κ2) is 11.4. The maximum atomic E-state index is 12.9. The minimum atomic E-state index is 0. The van der Waals surface area contributed by atoms with Gasteiger partial charge in [0.25, 0.3) is 11.8 Å². The molecule has 2 amide bonds. The molecule has 0 atom stereocenters. The molecular weight excluding hydrogens is 535 g/mol. The standard InChI is InChI=1S/C26H30N4O6.2ClH/c31-25(27-19-1-3-21-23(15-19)35-13-11-33-21)17-29-5-8-30(9-6-29,10-7-29)18-26(32)28-20-2-4-22-24(16-20)36-14-12-34-22;;/h1-4,15-16H,5-14,17-18H2;2*1H/p+2. The largest absolute Gasteiger partial charge is 0.486 e. The van der Waals surface area contributed by atoms with Crippen LogP contribution in [0.3, 0.4) is 0 Å². The van der Waals surface area contributed by atoms with E-state index < -0.39 is 0 Å². The molecule has 5 aliphatic heterocycles. The highest BCUT2D eigenvalue weighted by Gasteiger charge is 2.50. The molecule has 206 valence electrons. The minimum absolute atomic E-state index is 0. The van der Waals surface area contributed by atoms with Crippen LogP contribution in [0.15, 0.2) is 36.4 Å². The molecule has 0 spiro atoms. The fourth-order valence-electron chi connectivity index (χ4n) is 5.67. The van der Waals surface area contributed by atoms with E-state index in [4.69, 9.17) is 18.9 Å². The summed E-state index contributed by atoms with van der Waals surface area (Å²) in [5.74, 6) is 2.76. The minimum Gasteiger partial charge on any atom is -0.486 e. The molecule has 7 rings (SSSR count). The number of piperazine rings is 3. The van der Waals surface area contributed by atoms with Crippen molar-refractivity contribution in [1.29, 1.82) is 0 Å². The van der Waals surface area contributed by atoms with Gasteiger partial charge < -0.3 is 38.5 Å². The molecule has 0 aliphatic carbocycles. The van der Waals surface area contributed by atoms with Gasteiger partial charge in [-0.2, -0.15) is 0 Å². The van der Waals surface area contributed by atoms with Gasteiger partial charge in [0.2, 0.25) is 0 Å². The van der Waals surface area contributed by atoms with Crippen LogP contribution in [0.5, 0.6) is 23.0 Å². The molecule has 38 heavy (non-hydrogen) atoms. The lowest BCUT2D eigenvalue weighted by molar-refractivity contribution is -1.07. The molecule has 2 N–H and O–H groups in total. The summed E-state index contributed by atoms with van der Waals surface area (Å²) in [6, 6.07) is 11.0. The number of ether oxygens (including phenoxy) is 4. The predicted molar refractivity (Wildman–Crippen MR) is 146 cm³/mol. The van der Waals surface area contributed by atoms with Crippen LogP contribution in [0, 0.1) is 0 Å². The zero-order valence-corrected chi connectivity index (χ0v) is 22.7. The highest BCUT2D eigenvalue weighted by molar-refractivity contribution is 5.92. The van der Waals surface area contributed by atoms with Gasteiger partial charge in [-0.1, -0.05) is 0 Å². The molecule has 0 aromatic heterocycles. The molecule has 12 heteroatoms. The van der Waals surface area contributed by atoms with Crippen LogP contribution in [0.25, 0.3) is 0 Å². The Morgan fingerprint density at radius 3 is 1.29 bits per heavy atom. The Morgan fingerprint density at radius 1 is 0.579 bits per heavy atom. The highest BCUT2D eigenvalue weighted by atomic mass is 35.5. The SMILES string of the molecule is Cl.Cl.O=C(C[N+]12CC[N+](CC(=O)Nc3ccc4c(c3)OCCO4)(CC1)CC2)Nc1ccc2c(c1)OCCO2. The van der Waals surface area contributed by atoms with E-state index in [1.165, 1.54) is 0 Å². The molecule has 0 unspecified atom stereocenters. The van der Waals surface area contributed by atoms with Crippen LogP contribution >= 0.6 is 24.8 Å². The second-order valence-corrected chi connectivity index (χ2v) is 10.2. The maximum Gasteiger partial charge on any atom is 0.279 e. The fraction of sp³-hybridized carbons (Fsp3) is 0.462. The van der Waals surface area contributed by atoms with Gasteiger partial charge >= 0.3 is 0 Å². The molecule has 2 aromatic rings. The highest BCUT2D eigenvalue weighted by Crippen LogP contribution is 2.34. The molecule has 0 radical (unpaired) electrons.